The summed E-state index contributed by atoms with van der Waals surface area (Å²) in [4.78, 5) is 17.4. The van der Waals surface area contributed by atoms with Crippen molar-refractivity contribution in [3.05, 3.63) is 64.6 Å². The highest BCUT2D eigenvalue weighted by molar-refractivity contribution is 8.18. The Kier molecular flexibility index (Phi) is 8.57. The van der Waals surface area contributed by atoms with E-state index in [1.165, 1.54) is 49.4 Å². The second kappa shape index (κ2) is 11.6. The molecule has 3 rings (SSSR count). The molecule has 4 nitrogen and oxygen atoms in total. The SMILES string of the molecule is CCCCCCCCOc1ccc(/C=C2\SC(=Nc3ccc(C)cc3)NC2=O)cc1. The zero-order valence-electron chi connectivity index (χ0n) is 17.8. The van der Waals surface area contributed by atoms with Gasteiger partial charge in [-0.25, -0.2) is 4.99 Å². The van der Waals surface area contributed by atoms with Crippen molar-refractivity contribution in [2.75, 3.05) is 6.61 Å². The summed E-state index contributed by atoms with van der Waals surface area (Å²) in [6, 6.07) is 15.8. The minimum absolute atomic E-state index is 0.116. The van der Waals surface area contributed by atoms with Gasteiger partial charge in [0.05, 0.1) is 17.2 Å². The number of amidine groups is 1. The lowest BCUT2D eigenvalue weighted by Crippen LogP contribution is -2.19. The number of amides is 1. The van der Waals surface area contributed by atoms with Crippen molar-refractivity contribution in [1.82, 2.24) is 5.32 Å². The number of thioether (sulfide) groups is 1. The summed E-state index contributed by atoms with van der Waals surface area (Å²) in [6.07, 6.45) is 9.42. The molecule has 0 aliphatic carbocycles. The smallest absolute Gasteiger partial charge is 0.264 e. The maximum Gasteiger partial charge on any atom is 0.264 e. The van der Waals surface area contributed by atoms with Gasteiger partial charge in [-0.3, -0.25) is 4.79 Å². The fraction of sp³-hybridized carbons (Fsp3) is 0.360. The second-order valence-corrected chi connectivity index (χ2v) is 8.53. The molecule has 5 heteroatoms. The normalized spacial score (nSPS) is 16.3. The lowest BCUT2D eigenvalue weighted by atomic mass is 10.1. The van der Waals surface area contributed by atoms with Crippen molar-refractivity contribution >= 4 is 34.6 Å². The number of carbonyl (C=O) groups excluding carboxylic acids is 1. The Morgan fingerprint density at radius 1 is 0.967 bits per heavy atom. The molecular weight excluding hydrogens is 392 g/mol. The Balaban J connectivity index is 1.50. The van der Waals surface area contributed by atoms with Crippen LogP contribution < -0.4 is 10.1 Å². The summed E-state index contributed by atoms with van der Waals surface area (Å²) in [5, 5.41) is 3.44. The van der Waals surface area contributed by atoms with Crippen molar-refractivity contribution < 1.29 is 9.53 Å². The van der Waals surface area contributed by atoms with Gasteiger partial charge in [0, 0.05) is 0 Å². The second-order valence-electron chi connectivity index (χ2n) is 7.50. The molecule has 2 aromatic carbocycles. The topological polar surface area (TPSA) is 50.7 Å². The molecular formula is C25H30N2O2S. The number of carbonyl (C=O) groups is 1. The van der Waals surface area contributed by atoms with E-state index in [0.717, 1.165) is 30.0 Å². The van der Waals surface area contributed by atoms with Crippen molar-refractivity contribution in [2.45, 2.75) is 52.4 Å². The predicted molar refractivity (Wildman–Crippen MR) is 127 cm³/mol. The third kappa shape index (κ3) is 7.06. The summed E-state index contributed by atoms with van der Waals surface area (Å²) in [5.41, 5.74) is 2.98. The lowest BCUT2D eigenvalue weighted by molar-refractivity contribution is -0.115. The highest BCUT2D eigenvalue weighted by atomic mass is 32.2. The van der Waals surface area contributed by atoms with Crippen LogP contribution >= 0.6 is 11.8 Å². The number of hydrogen-bond acceptors (Lipinski definition) is 4. The van der Waals surface area contributed by atoms with Gasteiger partial charge < -0.3 is 10.1 Å². The Morgan fingerprint density at radius 2 is 1.67 bits per heavy atom. The zero-order valence-corrected chi connectivity index (χ0v) is 18.6. The highest BCUT2D eigenvalue weighted by Gasteiger charge is 2.23. The van der Waals surface area contributed by atoms with Gasteiger partial charge in [-0.05, 0) is 61.0 Å². The maximum atomic E-state index is 12.3. The molecule has 0 atom stereocenters. The zero-order chi connectivity index (χ0) is 21.2. The first-order valence-corrected chi connectivity index (χ1v) is 11.5. The molecule has 158 valence electrons. The first-order chi connectivity index (χ1) is 14.6. The highest BCUT2D eigenvalue weighted by Crippen LogP contribution is 2.28. The monoisotopic (exact) mass is 422 g/mol. The molecule has 1 aliphatic rings. The molecule has 0 unspecified atom stereocenters. The number of unbranched alkanes of at least 4 members (excludes halogenated alkanes) is 5. The van der Waals surface area contributed by atoms with E-state index in [4.69, 9.17) is 4.74 Å². The van der Waals surface area contributed by atoms with Crippen LogP contribution in [0.5, 0.6) is 5.75 Å². The van der Waals surface area contributed by atoms with Crippen LogP contribution in [0, 0.1) is 6.92 Å². The largest absolute Gasteiger partial charge is 0.494 e. The summed E-state index contributed by atoms with van der Waals surface area (Å²) in [5.74, 6) is 0.755. The molecule has 2 aromatic rings. The van der Waals surface area contributed by atoms with Gasteiger partial charge in [0.1, 0.15) is 5.75 Å². The Morgan fingerprint density at radius 3 is 2.40 bits per heavy atom. The molecule has 1 fully saturated rings. The average Bonchev–Trinajstić information content (AvgIpc) is 3.09. The molecule has 0 spiro atoms. The molecule has 0 bridgehead atoms. The van der Waals surface area contributed by atoms with Crippen molar-refractivity contribution in [3.63, 3.8) is 0 Å². The van der Waals surface area contributed by atoms with E-state index >= 15 is 0 Å². The van der Waals surface area contributed by atoms with Crippen LogP contribution in [0.3, 0.4) is 0 Å². The molecule has 1 amide bonds. The molecule has 30 heavy (non-hydrogen) atoms. The van der Waals surface area contributed by atoms with Crippen molar-refractivity contribution in [3.8, 4) is 5.75 Å². The standard InChI is InChI=1S/C25H30N2O2S/c1-3-4-5-6-7-8-17-29-22-15-11-20(12-16-22)18-23-24(28)27-25(30-23)26-21-13-9-19(2)10-14-21/h9-16,18H,3-8,17H2,1-2H3,(H,26,27,28)/b23-18-. The van der Waals surface area contributed by atoms with Crippen molar-refractivity contribution in [1.29, 1.82) is 0 Å². The lowest BCUT2D eigenvalue weighted by Gasteiger charge is -2.06. The minimum Gasteiger partial charge on any atom is -0.494 e. The van der Waals surface area contributed by atoms with Crippen molar-refractivity contribution in [2.24, 2.45) is 4.99 Å². The van der Waals surface area contributed by atoms with Crippen LogP contribution in [0.2, 0.25) is 0 Å². The van der Waals surface area contributed by atoms with Gasteiger partial charge in [0.15, 0.2) is 5.17 Å². The van der Waals surface area contributed by atoms with Gasteiger partial charge in [0.25, 0.3) is 5.91 Å². The maximum absolute atomic E-state index is 12.3. The van der Waals surface area contributed by atoms with E-state index in [-0.39, 0.29) is 5.91 Å². The summed E-state index contributed by atoms with van der Waals surface area (Å²) >= 11 is 1.36. The third-order valence-corrected chi connectivity index (χ3v) is 5.77. The number of nitrogens with zero attached hydrogens (tertiary/aromatic N) is 1. The number of aliphatic imine (C=N–C) groups is 1. The number of aryl methyl sites for hydroxylation is 1. The molecule has 1 aliphatic heterocycles. The molecule has 1 N–H and O–H groups in total. The first-order valence-electron chi connectivity index (χ1n) is 10.7. The van der Waals surface area contributed by atoms with Crippen LogP contribution in [-0.2, 0) is 4.79 Å². The molecule has 1 saturated heterocycles. The van der Waals surface area contributed by atoms with E-state index in [1.54, 1.807) is 0 Å². The average molecular weight is 423 g/mol. The van der Waals surface area contributed by atoms with Gasteiger partial charge >= 0.3 is 0 Å². The number of benzene rings is 2. The minimum atomic E-state index is -0.116. The summed E-state index contributed by atoms with van der Waals surface area (Å²) < 4.78 is 5.83. The Hall–Kier alpha value is -2.53. The van der Waals surface area contributed by atoms with Gasteiger partial charge in [-0.15, -0.1) is 0 Å². The Labute approximate surface area is 183 Å². The fourth-order valence-corrected chi connectivity index (χ4v) is 3.94. The van der Waals surface area contributed by atoms with E-state index in [9.17, 15) is 4.79 Å². The summed E-state index contributed by atoms with van der Waals surface area (Å²) in [7, 11) is 0. The predicted octanol–water partition coefficient (Wildman–Crippen LogP) is 6.63. The fourth-order valence-electron chi connectivity index (χ4n) is 3.10. The van der Waals surface area contributed by atoms with E-state index in [1.807, 2.05) is 61.5 Å². The van der Waals surface area contributed by atoms with Gasteiger partial charge in [0.2, 0.25) is 0 Å². The van der Waals surface area contributed by atoms with E-state index in [0.29, 0.717) is 10.1 Å². The molecule has 1 heterocycles. The van der Waals surface area contributed by atoms with E-state index in [2.05, 4.69) is 17.2 Å². The van der Waals surface area contributed by atoms with Gasteiger partial charge in [-0.2, -0.15) is 0 Å². The van der Waals surface area contributed by atoms with Crippen LogP contribution in [0.15, 0.2) is 58.4 Å². The summed E-state index contributed by atoms with van der Waals surface area (Å²) in [6.45, 7) is 5.02. The van der Waals surface area contributed by atoms with E-state index < -0.39 is 0 Å². The number of rotatable bonds is 10. The Bertz CT molecular complexity index is 886. The molecule has 0 aromatic heterocycles. The van der Waals surface area contributed by atoms with Crippen LogP contribution in [-0.4, -0.2) is 17.7 Å². The molecule has 0 saturated carbocycles. The van der Waals surface area contributed by atoms with Crippen LogP contribution in [0.4, 0.5) is 5.69 Å². The number of hydrogen-bond donors (Lipinski definition) is 1. The molecule has 0 radical (unpaired) electrons. The van der Waals surface area contributed by atoms with Gasteiger partial charge in [-0.1, -0.05) is 68.9 Å². The quantitative estimate of drug-likeness (QED) is 0.345. The number of nitrogens with one attached hydrogen (secondary N) is 1. The number of ether oxygens (including phenoxy) is 1. The first kappa shape index (κ1) is 22.2. The third-order valence-electron chi connectivity index (χ3n) is 4.86. The van der Waals surface area contributed by atoms with Crippen LogP contribution in [0.1, 0.15) is 56.6 Å². The van der Waals surface area contributed by atoms with Crippen LogP contribution in [0.25, 0.3) is 6.08 Å².